The van der Waals surface area contributed by atoms with Crippen LogP contribution in [0.2, 0.25) is 5.02 Å². The summed E-state index contributed by atoms with van der Waals surface area (Å²) in [6.45, 7) is 2.70. The molecule has 6 heteroatoms. The van der Waals surface area contributed by atoms with Crippen LogP contribution >= 0.6 is 22.9 Å². The Hall–Kier alpha value is -0.260. The van der Waals surface area contributed by atoms with E-state index in [1.807, 2.05) is 18.4 Å². The summed E-state index contributed by atoms with van der Waals surface area (Å²) in [6.07, 6.45) is -2.14. The van der Waals surface area contributed by atoms with Gasteiger partial charge < -0.3 is 5.32 Å². The quantitative estimate of drug-likeness (QED) is 0.779. The minimum absolute atomic E-state index is 0.00600. The fraction of sp³-hybridized carbons (Fsp3) is 0.714. The van der Waals surface area contributed by atoms with Gasteiger partial charge in [0.2, 0.25) is 0 Å². The van der Waals surface area contributed by atoms with Crippen LogP contribution < -0.4 is 5.32 Å². The van der Waals surface area contributed by atoms with E-state index in [2.05, 4.69) is 5.32 Å². The lowest BCUT2D eigenvalue weighted by Gasteiger charge is -2.35. The molecule has 1 fully saturated rings. The first-order valence-corrected chi connectivity index (χ1v) is 8.22. The van der Waals surface area contributed by atoms with Crippen LogP contribution in [-0.4, -0.2) is 12.7 Å². The molecule has 3 unspecified atom stereocenters. The number of hydrogen-bond acceptors (Lipinski definition) is 2. The summed E-state index contributed by atoms with van der Waals surface area (Å²) in [5.41, 5.74) is 0. The molecule has 1 heterocycles. The highest BCUT2D eigenvalue weighted by Crippen LogP contribution is 2.45. The Morgan fingerprint density at radius 2 is 2.20 bits per heavy atom. The van der Waals surface area contributed by atoms with Gasteiger partial charge in [-0.1, -0.05) is 24.9 Å². The zero-order valence-corrected chi connectivity index (χ0v) is 12.9. The van der Waals surface area contributed by atoms with Crippen molar-refractivity contribution in [3.8, 4) is 0 Å². The van der Waals surface area contributed by atoms with Gasteiger partial charge in [0.1, 0.15) is 0 Å². The van der Waals surface area contributed by atoms with E-state index in [1.165, 1.54) is 11.3 Å². The van der Waals surface area contributed by atoms with Gasteiger partial charge in [0.15, 0.2) is 0 Å². The van der Waals surface area contributed by atoms with Crippen molar-refractivity contribution in [2.45, 2.75) is 44.8 Å². The van der Waals surface area contributed by atoms with E-state index in [1.54, 1.807) is 0 Å². The van der Waals surface area contributed by atoms with E-state index in [4.69, 9.17) is 11.6 Å². The van der Waals surface area contributed by atoms with E-state index in [9.17, 15) is 13.2 Å². The SMILES string of the molecule is CCNC(c1sccc1Cl)C1CCCC(C(F)(F)F)C1. The van der Waals surface area contributed by atoms with E-state index in [0.717, 1.165) is 17.8 Å². The molecule has 0 aromatic carbocycles. The highest BCUT2D eigenvalue weighted by atomic mass is 35.5. The van der Waals surface area contributed by atoms with Crippen molar-refractivity contribution in [1.29, 1.82) is 0 Å². The van der Waals surface area contributed by atoms with Crippen molar-refractivity contribution >= 4 is 22.9 Å². The Labute approximate surface area is 126 Å². The lowest BCUT2D eigenvalue weighted by atomic mass is 9.77. The second kappa shape index (κ2) is 6.67. The van der Waals surface area contributed by atoms with Crippen molar-refractivity contribution in [2.75, 3.05) is 6.54 Å². The van der Waals surface area contributed by atoms with Gasteiger partial charge in [0, 0.05) is 10.9 Å². The molecular formula is C14H19ClF3NS. The fourth-order valence-corrected chi connectivity index (χ4v) is 4.39. The maximum absolute atomic E-state index is 12.9. The maximum Gasteiger partial charge on any atom is 0.391 e. The van der Waals surface area contributed by atoms with Crippen LogP contribution in [0.3, 0.4) is 0 Å². The summed E-state index contributed by atoms with van der Waals surface area (Å²) in [7, 11) is 0. The highest BCUT2D eigenvalue weighted by molar-refractivity contribution is 7.10. The number of rotatable bonds is 4. The van der Waals surface area contributed by atoms with Gasteiger partial charge in [-0.3, -0.25) is 0 Å². The number of alkyl halides is 3. The van der Waals surface area contributed by atoms with Crippen molar-refractivity contribution in [1.82, 2.24) is 5.32 Å². The van der Waals surface area contributed by atoms with Crippen molar-refractivity contribution < 1.29 is 13.2 Å². The standard InChI is InChI=1S/C14H19ClF3NS/c1-2-19-12(13-11(15)6-7-20-13)9-4-3-5-10(8-9)14(16,17)18/h6-7,9-10,12,19H,2-5,8H2,1H3. The molecule has 1 aliphatic rings. The average Bonchev–Trinajstić information content (AvgIpc) is 2.81. The van der Waals surface area contributed by atoms with Gasteiger partial charge >= 0.3 is 6.18 Å². The maximum atomic E-state index is 12.9. The zero-order chi connectivity index (χ0) is 14.8. The molecule has 114 valence electrons. The molecular weight excluding hydrogens is 307 g/mol. The summed E-state index contributed by atoms with van der Waals surface area (Å²) in [5, 5.41) is 5.88. The fourth-order valence-electron chi connectivity index (χ4n) is 3.05. The summed E-state index contributed by atoms with van der Waals surface area (Å²) in [5.74, 6) is -1.16. The number of nitrogens with one attached hydrogen (secondary N) is 1. The molecule has 0 spiro atoms. The van der Waals surface area contributed by atoms with Crippen LogP contribution in [0, 0.1) is 11.8 Å². The molecule has 3 atom stereocenters. The first kappa shape index (κ1) is 16.1. The Morgan fingerprint density at radius 3 is 2.75 bits per heavy atom. The molecule has 1 nitrogen and oxygen atoms in total. The number of thiophene rings is 1. The molecule has 1 aliphatic carbocycles. The molecule has 20 heavy (non-hydrogen) atoms. The predicted molar refractivity (Wildman–Crippen MR) is 77.2 cm³/mol. The lowest BCUT2D eigenvalue weighted by Crippen LogP contribution is -2.35. The Balaban J connectivity index is 2.15. The van der Waals surface area contributed by atoms with E-state index < -0.39 is 12.1 Å². The summed E-state index contributed by atoms with van der Waals surface area (Å²) in [4.78, 5) is 0.973. The topological polar surface area (TPSA) is 12.0 Å². The Bertz CT molecular complexity index is 432. The Morgan fingerprint density at radius 1 is 1.45 bits per heavy atom. The zero-order valence-electron chi connectivity index (χ0n) is 11.3. The molecule has 1 aromatic heterocycles. The molecule has 0 bridgehead atoms. The van der Waals surface area contributed by atoms with Crippen LogP contribution in [-0.2, 0) is 0 Å². The second-order valence-electron chi connectivity index (χ2n) is 5.33. The molecule has 0 saturated heterocycles. The van der Waals surface area contributed by atoms with Gasteiger partial charge in [-0.15, -0.1) is 11.3 Å². The van der Waals surface area contributed by atoms with Gasteiger partial charge in [-0.05, 0) is 43.2 Å². The molecule has 1 aromatic rings. The third-order valence-corrected chi connectivity index (χ3v) is 5.44. The van der Waals surface area contributed by atoms with Gasteiger partial charge in [-0.2, -0.15) is 13.2 Å². The molecule has 2 rings (SSSR count). The van der Waals surface area contributed by atoms with Crippen LogP contribution in [0.25, 0.3) is 0 Å². The summed E-state index contributed by atoms with van der Waals surface area (Å²) >= 11 is 7.69. The third kappa shape index (κ3) is 3.68. The van der Waals surface area contributed by atoms with E-state index >= 15 is 0 Å². The summed E-state index contributed by atoms with van der Waals surface area (Å²) < 4.78 is 38.8. The van der Waals surface area contributed by atoms with Gasteiger partial charge in [-0.25, -0.2) is 0 Å². The third-order valence-electron chi connectivity index (χ3n) is 4.00. The average molecular weight is 326 g/mol. The monoisotopic (exact) mass is 325 g/mol. The molecule has 1 N–H and O–H groups in total. The predicted octanol–water partition coefficient (Wildman–Crippen LogP) is 5.42. The first-order chi connectivity index (χ1) is 9.43. The van der Waals surface area contributed by atoms with Gasteiger partial charge in [0.05, 0.1) is 10.9 Å². The molecule has 1 saturated carbocycles. The number of hydrogen-bond donors (Lipinski definition) is 1. The molecule has 0 aliphatic heterocycles. The van der Waals surface area contributed by atoms with Crippen LogP contribution in [0.5, 0.6) is 0 Å². The minimum atomic E-state index is -4.07. The smallest absolute Gasteiger partial charge is 0.309 e. The van der Waals surface area contributed by atoms with Crippen molar-refractivity contribution in [3.05, 3.63) is 21.3 Å². The first-order valence-electron chi connectivity index (χ1n) is 6.96. The Kier molecular flexibility index (Phi) is 5.37. The largest absolute Gasteiger partial charge is 0.391 e. The normalized spacial score (nSPS) is 25.6. The molecule has 0 radical (unpaired) electrons. The summed E-state index contributed by atoms with van der Waals surface area (Å²) in [6, 6.07) is 1.76. The van der Waals surface area contributed by atoms with Crippen LogP contribution in [0.1, 0.15) is 43.5 Å². The number of halogens is 4. The van der Waals surface area contributed by atoms with Crippen LogP contribution in [0.15, 0.2) is 11.4 Å². The van der Waals surface area contributed by atoms with E-state index in [0.29, 0.717) is 11.4 Å². The van der Waals surface area contributed by atoms with Crippen LogP contribution in [0.4, 0.5) is 13.2 Å². The molecule has 0 amide bonds. The van der Waals surface area contributed by atoms with Crippen molar-refractivity contribution in [2.24, 2.45) is 11.8 Å². The van der Waals surface area contributed by atoms with E-state index in [-0.39, 0.29) is 24.8 Å². The van der Waals surface area contributed by atoms with Crippen molar-refractivity contribution in [3.63, 3.8) is 0 Å². The highest BCUT2D eigenvalue weighted by Gasteiger charge is 2.44. The lowest BCUT2D eigenvalue weighted by molar-refractivity contribution is -0.186. The van der Waals surface area contributed by atoms with Gasteiger partial charge in [0.25, 0.3) is 0 Å². The minimum Gasteiger partial charge on any atom is -0.309 e. The second-order valence-corrected chi connectivity index (χ2v) is 6.69.